The largest absolute Gasteiger partial charge is 0.334 e. The molecular weight excluding hydrogens is 286 g/mol. The molecule has 0 saturated heterocycles. The van der Waals surface area contributed by atoms with E-state index in [1.54, 1.807) is 0 Å². The van der Waals surface area contributed by atoms with E-state index >= 15 is 0 Å². The molecule has 0 unspecified atom stereocenters. The summed E-state index contributed by atoms with van der Waals surface area (Å²) in [6.45, 7) is 10.3. The highest BCUT2D eigenvalue weighted by molar-refractivity contribution is 6.01. The van der Waals surface area contributed by atoms with Gasteiger partial charge < -0.3 is 4.90 Å². The van der Waals surface area contributed by atoms with Gasteiger partial charge in [0.05, 0.1) is 6.20 Å². The summed E-state index contributed by atoms with van der Waals surface area (Å²) in [5.74, 6) is 0.0801. The van der Waals surface area contributed by atoms with Crippen molar-refractivity contribution < 1.29 is 4.79 Å². The molecule has 1 heterocycles. The Morgan fingerprint density at radius 3 is 2.30 bits per heavy atom. The molecule has 124 valence electrons. The minimum Gasteiger partial charge on any atom is -0.334 e. The summed E-state index contributed by atoms with van der Waals surface area (Å²) >= 11 is 0. The van der Waals surface area contributed by atoms with E-state index in [9.17, 15) is 4.79 Å². The van der Waals surface area contributed by atoms with Gasteiger partial charge in [-0.15, -0.1) is 0 Å². The molecule has 1 amide bonds. The highest BCUT2D eigenvalue weighted by Crippen LogP contribution is 2.29. The van der Waals surface area contributed by atoms with E-state index in [-0.39, 0.29) is 18.0 Å². The third-order valence-electron chi connectivity index (χ3n) is 4.19. The second-order valence-corrected chi connectivity index (χ2v) is 6.43. The van der Waals surface area contributed by atoms with Crippen molar-refractivity contribution in [2.75, 3.05) is 0 Å². The molecule has 0 radical (unpaired) electrons. The standard InChI is InChI=1S/C19H27N3O/c1-7-18-17(12-20-21(18)6)15-10-8-9-11-16(15)19(23)22(13(2)3)14(4)5/h8-14H,7H2,1-6H3. The fourth-order valence-electron chi connectivity index (χ4n) is 3.22. The molecule has 4 heteroatoms. The topological polar surface area (TPSA) is 38.1 Å². The zero-order valence-electron chi connectivity index (χ0n) is 15.0. The van der Waals surface area contributed by atoms with Crippen LogP contribution in [-0.2, 0) is 13.5 Å². The van der Waals surface area contributed by atoms with Crippen molar-refractivity contribution in [1.82, 2.24) is 14.7 Å². The minimum absolute atomic E-state index is 0.0801. The summed E-state index contributed by atoms with van der Waals surface area (Å²) < 4.78 is 1.89. The van der Waals surface area contributed by atoms with Gasteiger partial charge >= 0.3 is 0 Å². The fourth-order valence-corrected chi connectivity index (χ4v) is 3.22. The Balaban J connectivity index is 2.55. The van der Waals surface area contributed by atoms with Gasteiger partial charge in [0.25, 0.3) is 5.91 Å². The number of carbonyl (C=O) groups is 1. The van der Waals surface area contributed by atoms with E-state index in [0.717, 1.165) is 28.8 Å². The lowest BCUT2D eigenvalue weighted by molar-refractivity contribution is 0.0644. The van der Waals surface area contributed by atoms with Crippen molar-refractivity contribution in [2.45, 2.75) is 53.1 Å². The average molecular weight is 313 g/mol. The first-order chi connectivity index (χ1) is 10.9. The highest BCUT2D eigenvalue weighted by atomic mass is 16.2. The Morgan fingerprint density at radius 2 is 1.74 bits per heavy atom. The van der Waals surface area contributed by atoms with E-state index in [0.29, 0.717) is 0 Å². The Bertz CT molecular complexity index is 678. The number of aromatic nitrogens is 2. The predicted molar refractivity (Wildman–Crippen MR) is 94.5 cm³/mol. The van der Waals surface area contributed by atoms with Crippen LogP contribution in [0.1, 0.15) is 50.7 Å². The number of hydrogen-bond acceptors (Lipinski definition) is 2. The van der Waals surface area contributed by atoms with Crippen LogP contribution in [0.2, 0.25) is 0 Å². The van der Waals surface area contributed by atoms with Gasteiger partial charge in [-0.25, -0.2) is 0 Å². The van der Waals surface area contributed by atoms with Crippen LogP contribution in [0.3, 0.4) is 0 Å². The molecule has 23 heavy (non-hydrogen) atoms. The zero-order valence-corrected chi connectivity index (χ0v) is 15.0. The van der Waals surface area contributed by atoms with E-state index < -0.39 is 0 Å². The second kappa shape index (κ2) is 6.99. The number of benzene rings is 1. The van der Waals surface area contributed by atoms with Crippen LogP contribution in [0.5, 0.6) is 0 Å². The highest BCUT2D eigenvalue weighted by Gasteiger charge is 2.25. The van der Waals surface area contributed by atoms with E-state index in [1.165, 1.54) is 0 Å². The minimum atomic E-state index is 0.0801. The normalized spacial score (nSPS) is 11.3. The molecule has 0 saturated carbocycles. The number of nitrogens with zero attached hydrogens (tertiary/aromatic N) is 3. The first kappa shape index (κ1) is 17.3. The predicted octanol–water partition coefficient (Wildman–Crippen LogP) is 3.91. The van der Waals surface area contributed by atoms with E-state index in [1.807, 2.05) is 47.1 Å². The van der Waals surface area contributed by atoms with Crippen LogP contribution in [0.4, 0.5) is 0 Å². The van der Waals surface area contributed by atoms with Crippen molar-refractivity contribution >= 4 is 5.91 Å². The second-order valence-electron chi connectivity index (χ2n) is 6.43. The van der Waals surface area contributed by atoms with E-state index in [4.69, 9.17) is 0 Å². The molecule has 2 aromatic rings. The van der Waals surface area contributed by atoms with Gasteiger partial charge in [-0.3, -0.25) is 9.48 Å². The lowest BCUT2D eigenvalue weighted by atomic mass is 9.97. The molecule has 0 aliphatic heterocycles. The SMILES string of the molecule is CCc1c(-c2ccccc2C(=O)N(C(C)C)C(C)C)cnn1C. The molecular formula is C19H27N3O. The van der Waals surface area contributed by atoms with Crippen molar-refractivity contribution in [3.8, 4) is 11.1 Å². The monoisotopic (exact) mass is 313 g/mol. The van der Waals surface area contributed by atoms with Gasteiger partial charge in [0.1, 0.15) is 0 Å². The van der Waals surface area contributed by atoms with Crippen LogP contribution in [0.25, 0.3) is 11.1 Å². The molecule has 0 spiro atoms. The maximum absolute atomic E-state index is 13.1. The molecule has 0 atom stereocenters. The van der Waals surface area contributed by atoms with Crippen LogP contribution in [0.15, 0.2) is 30.5 Å². The van der Waals surface area contributed by atoms with Crippen molar-refractivity contribution in [2.24, 2.45) is 7.05 Å². The van der Waals surface area contributed by atoms with Gasteiger partial charge in [-0.05, 0) is 45.7 Å². The molecule has 1 aromatic heterocycles. The smallest absolute Gasteiger partial charge is 0.254 e. The first-order valence-corrected chi connectivity index (χ1v) is 8.31. The Hall–Kier alpha value is -2.10. The number of hydrogen-bond donors (Lipinski definition) is 0. The average Bonchev–Trinajstić information content (AvgIpc) is 2.87. The summed E-state index contributed by atoms with van der Waals surface area (Å²) in [6.07, 6.45) is 2.74. The molecule has 4 nitrogen and oxygen atoms in total. The fraction of sp³-hybridized carbons (Fsp3) is 0.474. The third-order valence-corrected chi connectivity index (χ3v) is 4.19. The molecule has 2 rings (SSSR count). The van der Waals surface area contributed by atoms with Crippen molar-refractivity contribution in [3.63, 3.8) is 0 Å². The Labute approximate surface area is 139 Å². The van der Waals surface area contributed by atoms with Crippen LogP contribution in [-0.4, -0.2) is 32.7 Å². The summed E-state index contributed by atoms with van der Waals surface area (Å²) in [4.78, 5) is 15.1. The first-order valence-electron chi connectivity index (χ1n) is 8.31. The maximum Gasteiger partial charge on any atom is 0.254 e. The number of amides is 1. The van der Waals surface area contributed by atoms with Crippen LogP contribution in [0, 0.1) is 0 Å². The molecule has 1 aromatic carbocycles. The van der Waals surface area contributed by atoms with E-state index in [2.05, 4.69) is 39.7 Å². The van der Waals surface area contributed by atoms with Crippen molar-refractivity contribution in [3.05, 3.63) is 41.7 Å². The maximum atomic E-state index is 13.1. The quantitative estimate of drug-likeness (QED) is 0.839. The summed E-state index contributed by atoms with van der Waals surface area (Å²) in [5, 5.41) is 4.37. The molecule has 0 aliphatic rings. The van der Waals surface area contributed by atoms with Crippen LogP contribution < -0.4 is 0 Å². The lowest BCUT2D eigenvalue weighted by Crippen LogP contribution is -2.42. The Morgan fingerprint density at radius 1 is 1.13 bits per heavy atom. The molecule has 0 aliphatic carbocycles. The lowest BCUT2D eigenvalue weighted by Gasteiger charge is -2.31. The zero-order chi connectivity index (χ0) is 17.1. The third kappa shape index (κ3) is 3.31. The summed E-state index contributed by atoms with van der Waals surface area (Å²) in [6, 6.07) is 8.17. The summed E-state index contributed by atoms with van der Waals surface area (Å²) in [7, 11) is 1.95. The molecule has 0 N–H and O–H groups in total. The summed E-state index contributed by atoms with van der Waals surface area (Å²) in [5.41, 5.74) is 3.91. The van der Waals surface area contributed by atoms with Crippen molar-refractivity contribution in [1.29, 1.82) is 0 Å². The number of carbonyl (C=O) groups excluding carboxylic acids is 1. The molecule has 0 fully saturated rings. The number of rotatable bonds is 5. The van der Waals surface area contributed by atoms with Gasteiger partial charge in [-0.1, -0.05) is 25.1 Å². The Kier molecular flexibility index (Phi) is 5.24. The van der Waals surface area contributed by atoms with Crippen LogP contribution >= 0.6 is 0 Å². The molecule has 0 bridgehead atoms. The van der Waals surface area contributed by atoms with Gasteiger partial charge in [-0.2, -0.15) is 5.10 Å². The number of aryl methyl sites for hydroxylation is 1. The van der Waals surface area contributed by atoms with Gasteiger partial charge in [0, 0.05) is 36.0 Å². The van der Waals surface area contributed by atoms with Gasteiger partial charge in [0.15, 0.2) is 0 Å². The van der Waals surface area contributed by atoms with Gasteiger partial charge in [0.2, 0.25) is 0 Å².